The van der Waals surface area contributed by atoms with Crippen molar-refractivity contribution in [1.29, 1.82) is 0 Å². The fourth-order valence-electron chi connectivity index (χ4n) is 0. The van der Waals surface area contributed by atoms with Crippen LogP contribution < -0.4 is 30.1 Å². The third kappa shape index (κ3) is 66.1. The van der Waals surface area contributed by atoms with Gasteiger partial charge in [-0.2, -0.15) is 0 Å². The van der Waals surface area contributed by atoms with Gasteiger partial charge in [0.05, 0.1) is 0 Å². The van der Waals surface area contributed by atoms with E-state index in [0.29, 0.717) is 0 Å². The number of nitrogens with one attached hydrogen (secondary N) is 1. The van der Waals surface area contributed by atoms with Gasteiger partial charge in [-0.05, 0) is 14.1 Å². The Morgan fingerprint density at radius 2 is 1.00 bits per heavy atom. The van der Waals surface area contributed by atoms with Crippen molar-refractivity contribution >= 4 is 0 Å². The summed E-state index contributed by atoms with van der Waals surface area (Å²) in [4.78, 5) is 0. The molecule has 0 aromatic rings. The summed E-state index contributed by atoms with van der Waals surface area (Å²) in [6.07, 6.45) is 0. The average molecular weight is 181 g/mol. The monoisotopic (exact) mass is 179 g/mol. The van der Waals surface area contributed by atoms with Crippen LogP contribution in [0.1, 0.15) is 0 Å². The Morgan fingerprint density at radius 1 is 1.00 bits per heavy atom. The summed E-state index contributed by atoms with van der Waals surface area (Å²) < 4.78 is 0. The molecule has 0 saturated carbocycles. The molecule has 0 aliphatic carbocycles. The van der Waals surface area contributed by atoms with Crippen molar-refractivity contribution < 1.29 is 44.3 Å². The molecule has 0 saturated heterocycles. The van der Waals surface area contributed by atoms with Crippen molar-refractivity contribution in [1.82, 2.24) is 5.32 Å². The molecule has 0 aromatic carbocycles. The molecule has 0 fully saturated rings. The minimum absolute atomic E-state index is 0. The number of hydrogen-bond acceptors (Lipinski definition) is 1. The molecule has 1 nitrogen and oxygen atoms in total. The summed E-state index contributed by atoms with van der Waals surface area (Å²) >= 11 is 0. The van der Waals surface area contributed by atoms with Crippen LogP contribution in [0.4, 0.5) is 0 Å². The first-order valence-corrected chi connectivity index (χ1v) is 1.00. The molecule has 1 N–H and O–H groups in total. The Labute approximate surface area is 63.8 Å². The van der Waals surface area contributed by atoms with Gasteiger partial charge in [0.15, 0.2) is 0 Å². The normalized spacial score (nSPS) is 3.00. The molecule has 4 heteroatoms. The Bertz CT molecular complexity index is 11.5. The van der Waals surface area contributed by atoms with Crippen LogP contribution in [0.15, 0.2) is 0 Å². The SMILES string of the molecule is CNC.[Cl-].[Cl-].[Zn+2]. The standard InChI is InChI=1S/C2H7N.2ClH.Zn/c1-3-2;;;/h3H,1-2H3;2*1H;/q;;;+2/p-2. The van der Waals surface area contributed by atoms with E-state index in [2.05, 4.69) is 5.32 Å². The molecule has 0 atom stereocenters. The molecule has 0 aromatic heterocycles. The molecular formula is C2H7Cl2NZn. The van der Waals surface area contributed by atoms with Gasteiger partial charge in [-0.15, -0.1) is 0 Å². The van der Waals surface area contributed by atoms with Crippen LogP contribution in [-0.2, 0) is 19.5 Å². The maximum atomic E-state index is 2.75. The van der Waals surface area contributed by atoms with E-state index in [4.69, 9.17) is 0 Å². The molecule has 0 aliphatic heterocycles. The van der Waals surface area contributed by atoms with Crippen molar-refractivity contribution in [2.75, 3.05) is 14.1 Å². The van der Waals surface area contributed by atoms with Gasteiger partial charge >= 0.3 is 19.5 Å². The smallest absolute Gasteiger partial charge is 1.00 e. The van der Waals surface area contributed by atoms with Crippen LogP contribution in [-0.4, -0.2) is 14.1 Å². The number of rotatable bonds is 0. The first kappa shape index (κ1) is 27.2. The van der Waals surface area contributed by atoms with Gasteiger partial charge < -0.3 is 30.1 Å². The third-order valence-corrected chi connectivity index (χ3v) is 0. The van der Waals surface area contributed by atoms with Gasteiger partial charge in [0.25, 0.3) is 0 Å². The zero-order valence-corrected chi connectivity index (χ0v) is 8.44. The first-order valence-electron chi connectivity index (χ1n) is 1.00. The van der Waals surface area contributed by atoms with Gasteiger partial charge in [-0.1, -0.05) is 0 Å². The van der Waals surface area contributed by atoms with Crippen LogP contribution in [0, 0.1) is 0 Å². The van der Waals surface area contributed by atoms with Gasteiger partial charge in [0, 0.05) is 0 Å². The summed E-state index contributed by atoms with van der Waals surface area (Å²) in [6.45, 7) is 0. The fraction of sp³-hybridized carbons (Fsp3) is 1.00. The van der Waals surface area contributed by atoms with E-state index in [0.717, 1.165) is 0 Å². The maximum Gasteiger partial charge on any atom is 2.00 e. The molecule has 0 bridgehead atoms. The van der Waals surface area contributed by atoms with Gasteiger partial charge in [0.2, 0.25) is 0 Å². The van der Waals surface area contributed by atoms with Crippen molar-refractivity contribution in [3.05, 3.63) is 0 Å². The van der Waals surface area contributed by atoms with E-state index < -0.39 is 0 Å². The predicted molar refractivity (Wildman–Crippen MR) is 15.0 cm³/mol. The molecule has 0 amide bonds. The quantitative estimate of drug-likeness (QED) is 0.367. The van der Waals surface area contributed by atoms with Gasteiger partial charge in [-0.25, -0.2) is 0 Å². The second kappa shape index (κ2) is 35.1. The Hall–Kier alpha value is 1.16. The third-order valence-electron chi connectivity index (χ3n) is 0. The molecule has 0 spiro atoms. The van der Waals surface area contributed by atoms with Crippen molar-refractivity contribution in [3.8, 4) is 0 Å². The van der Waals surface area contributed by atoms with E-state index in [1.807, 2.05) is 14.1 Å². The van der Waals surface area contributed by atoms with Crippen molar-refractivity contribution in [3.63, 3.8) is 0 Å². The topological polar surface area (TPSA) is 12.0 Å². The Balaban J connectivity index is -0.00000000667. The molecule has 6 heavy (non-hydrogen) atoms. The molecule has 0 aliphatic rings. The summed E-state index contributed by atoms with van der Waals surface area (Å²) in [5, 5.41) is 2.75. The minimum Gasteiger partial charge on any atom is -1.00 e. The average Bonchev–Trinajstić information content (AvgIpc) is 0.918. The van der Waals surface area contributed by atoms with Crippen LogP contribution >= 0.6 is 0 Å². The minimum atomic E-state index is 0. The molecule has 0 rings (SSSR count). The van der Waals surface area contributed by atoms with Crippen LogP contribution in [0.5, 0.6) is 0 Å². The summed E-state index contributed by atoms with van der Waals surface area (Å²) in [6, 6.07) is 0. The van der Waals surface area contributed by atoms with Crippen LogP contribution in [0.3, 0.4) is 0 Å². The summed E-state index contributed by atoms with van der Waals surface area (Å²) in [7, 11) is 3.75. The molecule has 0 heterocycles. The van der Waals surface area contributed by atoms with Crippen LogP contribution in [0.2, 0.25) is 0 Å². The zero-order valence-electron chi connectivity index (χ0n) is 3.96. The largest absolute Gasteiger partial charge is 2.00 e. The van der Waals surface area contributed by atoms with Gasteiger partial charge in [0.1, 0.15) is 0 Å². The van der Waals surface area contributed by atoms with E-state index >= 15 is 0 Å². The Kier molecular flexibility index (Phi) is 159. The zero-order chi connectivity index (χ0) is 2.71. The van der Waals surface area contributed by atoms with Crippen molar-refractivity contribution in [2.24, 2.45) is 0 Å². The molecule has 0 radical (unpaired) electrons. The predicted octanol–water partition coefficient (Wildman–Crippen LogP) is -6.16. The van der Waals surface area contributed by atoms with E-state index in [9.17, 15) is 0 Å². The van der Waals surface area contributed by atoms with E-state index in [-0.39, 0.29) is 44.3 Å². The fourth-order valence-corrected chi connectivity index (χ4v) is 0. The van der Waals surface area contributed by atoms with Crippen LogP contribution in [0.25, 0.3) is 0 Å². The summed E-state index contributed by atoms with van der Waals surface area (Å²) in [5.74, 6) is 0. The maximum absolute atomic E-state index is 2.75. The molecule has 0 unspecified atom stereocenters. The molecular weight excluding hydrogens is 174 g/mol. The number of halogens is 2. The molecule has 36 valence electrons. The number of hydrogen-bond donors (Lipinski definition) is 1. The summed E-state index contributed by atoms with van der Waals surface area (Å²) in [5.41, 5.74) is 0. The second-order valence-electron chi connectivity index (χ2n) is 0.500. The first-order chi connectivity index (χ1) is 1.41. The second-order valence-corrected chi connectivity index (χ2v) is 0.500. The van der Waals surface area contributed by atoms with E-state index in [1.54, 1.807) is 0 Å². The van der Waals surface area contributed by atoms with Crippen molar-refractivity contribution in [2.45, 2.75) is 0 Å². The Morgan fingerprint density at radius 3 is 1.00 bits per heavy atom. The van der Waals surface area contributed by atoms with Gasteiger partial charge in [-0.3, -0.25) is 0 Å². The van der Waals surface area contributed by atoms with E-state index in [1.165, 1.54) is 0 Å².